The Kier molecular flexibility index (Phi) is 5.27. The smallest absolute Gasteiger partial charge is 0.258 e. The van der Waals surface area contributed by atoms with Crippen molar-refractivity contribution in [2.24, 2.45) is 0 Å². The van der Waals surface area contributed by atoms with Gasteiger partial charge in [-0.2, -0.15) is 0 Å². The number of anilines is 1. The first-order valence-corrected chi connectivity index (χ1v) is 8.82. The van der Waals surface area contributed by atoms with Gasteiger partial charge >= 0.3 is 0 Å². The van der Waals surface area contributed by atoms with Crippen LogP contribution in [-0.2, 0) is 0 Å². The summed E-state index contributed by atoms with van der Waals surface area (Å²) in [5.41, 5.74) is 0.509. The molecular formula is C17H11ClIN3OS. The lowest BCUT2D eigenvalue weighted by atomic mass is 10.0. The molecule has 0 aliphatic carbocycles. The van der Waals surface area contributed by atoms with Gasteiger partial charge in [-0.05, 0) is 64.5 Å². The molecule has 1 aromatic heterocycles. The Morgan fingerprint density at radius 2 is 1.83 bits per heavy atom. The van der Waals surface area contributed by atoms with E-state index in [4.69, 9.17) is 23.8 Å². The van der Waals surface area contributed by atoms with E-state index < -0.39 is 0 Å². The molecular weight excluding hydrogens is 457 g/mol. The number of carbonyl (C=O) groups excluding carboxylic acids is 1. The fourth-order valence-electron chi connectivity index (χ4n) is 2.24. The molecule has 7 heteroatoms. The van der Waals surface area contributed by atoms with Crippen LogP contribution in [0.15, 0.2) is 54.7 Å². The molecule has 0 fully saturated rings. The first-order chi connectivity index (χ1) is 11.5. The minimum Gasteiger partial charge on any atom is -0.317 e. The molecule has 0 unspecified atom stereocenters. The van der Waals surface area contributed by atoms with Crippen molar-refractivity contribution in [2.45, 2.75) is 0 Å². The van der Waals surface area contributed by atoms with E-state index in [9.17, 15) is 4.79 Å². The molecule has 0 spiro atoms. The van der Waals surface area contributed by atoms with E-state index in [2.05, 4.69) is 38.2 Å². The number of hydrogen-bond donors (Lipinski definition) is 2. The van der Waals surface area contributed by atoms with Crippen LogP contribution in [0, 0.1) is 3.57 Å². The normalized spacial score (nSPS) is 10.4. The second-order valence-electron chi connectivity index (χ2n) is 4.91. The van der Waals surface area contributed by atoms with Crippen LogP contribution in [0.5, 0.6) is 0 Å². The molecule has 2 N–H and O–H groups in total. The molecule has 0 radical (unpaired) electrons. The van der Waals surface area contributed by atoms with Crippen molar-refractivity contribution in [3.05, 3.63) is 68.9 Å². The summed E-state index contributed by atoms with van der Waals surface area (Å²) in [6, 6.07) is 14.5. The lowest BCUT2D eigenvalue weighted by Crippen LogP contribution is -2.34. The van der Waals surface area contributed by atoms with E-state index in [-0.39, 0.29) is 11.0 Å². The van der Waals surface area contributed by atoms with Crippen molar-refractivity contribution < 1.29 is 4.79 Å². The first kappa shape index (κ1) is 17.1. The fraction of sp³-hybridized carbons (Fsp3) is 0. The monoisotopic (exact) mass is 467 g/mol. The van der Waals surface area contributed by atoms with Crippen molar-refractivity contribution in [3.63, 3.8) is 0 Å². The first-order valence-electron chi connectivity index (χ1n) is 6.96. The summed E-state index contributed by atoms with van der Waals surface area (Å²) in [6.45, 7) is 0. The zero-order valence-corrected chi connectivity index (χ0v) is 15.9. The van der Waals surface area contributed by atoms with E-state index >= 15 is 0 Å². The van der Waals surface area contributed by atoms with Crippen LogP contribution in [0.25, 0.3) is 10.8 Å². The second kappa shape index (κ2) is 7.42. The third kappa shape index (κ3) is 3.82. The molecule has 2 aromatic carbocycles. The van der Waals surface area contributed by atoms with Gasteiger partial charge < -0.3 is 5.32 Å². The van der Waals surface area contributed by atoms with Gasteiger partial charge in [0.25, 0.3) is 5.91 Å². The number of fused-ring (bicyclic) bond motifs is 1. The van der Waals surface area contributed by atoms with Crippen molar-refractivity contribution in [1.82, 2.24) is 10.3 Å². The Balaban J connectivity index is 1.79. The molecule has 0 bridgehead atoms. The summed E-state index contributed by atoms with van der Waals surface area (Å²) in [6.07, 6.45) is 1.71. The van der Waals surface area contributed by atoms with Gasteiger partial charge in [-0.3, -0.25) is 10.1 Å². The average molecular weight is 468 g/mol. The van der Waals surface area contributed by atoms with Crippen LogP contribution in [0.2, 0.25) is 5.02 Å². The molecule has 0 aliphatic heterocycles. The highest BCUT2D eigenvalue weighted by atomic mass is 127. The summed E-state index contributed by atoms with van der Waals surface area (Å²) in [4.78, 5) is 16.7. The van der Waals surface area contributed by atoms with Crippen LogP contribution >= 0.6 is 46.4 Å². The summed E-state index contributed by atoms with van der Waals surface area (Å²) < 4.78 is 1.01. The zero-order chi connectivity index (χ0) is 17.1. The minimum absolute atomic E-state index is 0.188. The Morgan fingerprint density at radius 3 is 2.58 bits per heavy atom. The fourth-order valence-corrected chi connectivity index (χ4v) is 2.99. The largest absolute Gasteiger partial charge is 0.317 e. The number of nitrogens with zero attached hydrogens (tertiary/aromatic N) is 1. The maximum Gasteiger partial charge on any atom is 0.258 e. The number of nitrogens with one attached hydrogen (secondary N) is 2. The Morgan fingerprint density at radius 1 is 1.08 bits per heavy atom. The molecule has 0 saturated heterocycles. The zero-order valence-electron chi connectivity index (χ0n) is 12.2. The number of pyridine rings is 1. The topological polar surface area (TPSA) is 54.0 Å². The van der Waals surface area contributed by atoms with Crippen molar-refractivity contribution in [2.75, 3.05) is 5.32 Å². The summed E-state index contributed by atoms with van der Waals surface area (Å²) in [5, 5.41) is 7.95. The predicted molar refractivity (Wildman–Crippen MR) is 110 cm³/mol. The minimum atomic E-state index is -0.300. The Hall–Kier alpha value is -1.77. The predicted octanol–water partition coefficient (Wildman–Crippen LogP) is 4.62. The number of aromatic nitrogens is 1. The third-order valence-electron chi connectivity index (χ3n) is 3.31. The summed E-state index contributed by atoms with van der Waals surface area (Å²) in [7, 11) is 0. The molecule has 0 saturated carbocycles. The SMILES string of the molecule is O=C(NC(=S)Nc1ccc(I)cn1)c1cccc2c(Cl)cccc12. The quantitative estimate of drug-likeness (QED) is 0.427. The number of rotatable bonds is 2. The van der Waals surface area contributed by atoms with Crippen LogP contribution in [0.4, 0.5) is 5.82 Å². The number of benzene rings is 2. The molecule has 24 heavy (non-hydrogen) atoms. The molecule has 1 heterocycles. The van der Waals surface area contributed by atoms with Crippen LogP contribution in [0.3, 0.4) is 0 Å². The molecule has 3 rings (SSSR count). The molecule has 4 nitrogen and oxygen atoms in total. The Bertz CT molecular complexity index is 931. The van der Waals surface area contributed by atoms with E-state index in [1.54, 1.807) is 30.5 Å². The van der Waals surface area contributed by atoms with Gasteiger partial charge in [-0.25, -0.2) is 4.98 Å². The highest BCUT2D eigenvalue weighted by Crippen LogP contribution is 2.25. The van der Waals surface area contributed by atoms with Crippen molar-refractivity contribution in [1.29, 1.82) is 0 Å². The molecule has 0 atom stereocenters. The van der Waals surface area contributed by atoms with Gasteiger partial charge in [0.05, 0.1) is 0 Å². The van der Waals surface area contributed by atoms with E-state index in [0.717, 1.165) is 14.3 Å². The molecule has 0 aliphatic rings. The molecule has 120 valence electrons. The van der Waals surface area contributed by atoms with Gasteiger partial charge in [-0.1, -0.05) is 35.9 Å². The summed E-state index contributed by atoms with van der Waals surface area (Å²) >= 11 is 13.5. The van der Waals surface area contributed by atoms with Gasteiger partial charge in [-0.15, -0.1) is 0 Å². The standard InChI is InChI=1S/C17H11ClIN3OS/c18-14-6-2-3-11-12(14)4-1-5-13(11)16(23)22-17(24)21-15-8-7-10(19)9-20-15/h1-9H,(H2,20,21,22,23,24). The average Bonchev–Trinajstić information content (AvgIpc) is 2.57. The van der Waals surface area contributed by atoms with Gasteiger partial charge in [0, 0.05) is 25.7 Å². The third-order valence-corrected chi connectivity index (χ3v) is 4.48. The maximum atomic E-state index is 12.5. The van der Waals surface area contributed by atoms with E-state index in [1.165, 1.54) is 0 Å². The van der Waals surface area contributed by atoms with Crippen molar-refractivity contribution >= 4 is 74.0 Å². The summed E-state index contributed by atoms with van der Waals surface area (Å²) in [5.74, 6) is 0.271. The van der Waals surface area contributed by atoms with Crippen LogP contribution < -0.4 is 10.6 Å². The van der Waals surface area contributed by atoms with E-state index in [0.29, 0.717) is 16.4 Å². The van der Waals surface area contributed by atoms with E-state index in [1.807, 2.05) is 24.3 Å². The lowest BCUT2D eigenvalue weighted by molar-refractivity contribution is 0.0979. The lowest BCUT2D eigenvalue weighted by Gasteiger charge is -2.11. The number of thiocarbonyl (C=S) groups is 1. The van der Waals surface area contributed by atoms with Gasteiger partial charge in [0.1, 0.15) is 5.82 Å². The molecule has 3 aromatic rings. The highest BCUT2D eigenvalue weighted by Gasteiger charge is 2.12. The van der Waals surface area contributed by atoms with Crippen LogP contribution in [0.1, 0.15) is 10.4 Å². The van der Waals surface area contributed by atoms with Crippen molar-refractivity contribution in [3.8, 4) is 0 Å². The second-order valence-corrected chi connectivity index (χ2v) is 6.97. The van der Waals surface area contributed by atoms with Crippen LogP contribution in [-0.4, -0.2) is 16.0 Å². The highest BCUT2D eigenvalue weighted by molar-refractivity contribution is 14.1. The number of hydrogen-bond acceptors (Lipinski definition) is 3. The Labute approximate surface area is 162 Å². The number of halogens is 2. The number of carbonyl (C=O) groups is 1. The molecule has 1 amide bonds. The van der Waals surface area contributed by atoms with Gasteiger partial charge in [0.2, 0.25) is 0 Å². The number of amides is 1. The maximum absolute atomic E-state index is 12.5. The van der Waals surface area contributed by atoms with Gasteiger partial charge in [0.15, 0.2) is 5.11 Å².